The Balaban J connectivity index is 1.39. The average Bonchev–Trinajstić information content (AvgIpc) is 3.12. The number of para-hydroxylation sites is 1. The zero-order valence-corrected chi connectivity index (χ0v) is 17.4. The molecule has 1 aromatic heterocycles. The Labute approximate surface area is 168 Å². The number of thiazole rings is 1. The quantitative estimate of drug-likeness (QED) is 0.521. The summed E-state index contributed by atoms with van der Waals surface area (Å²) in [7, 11) is 0. The van der Waals surface area contributed by atoms with E-state index in [1.165, 1.54) is 14.6 Å². The molecule has 27 heavy (non-hydrogen) atoms. The maximum atomic E-state index is 12.8. The van der Waals surface area contributed by atoms with Gasteiger partial charge in [0.25, 0.3) is 5.91 Å². The van der Waals surface area contributed by atoms with Gasteiger partial charge in [-0.1, -0.05) is 26.0 Å². The van der Waals surface area contributed by atoms with Crippen LogP contribution in [0.25, 0.3) is 10.2 Å². The lowest BCUT2D eigenvalue weighted by atomic mass is 9.97. The van der Waals surface area contributed by atoms with Gasteiger partial charge in [-0.05, 0) is 49.2 Å². The molecule has 140 valence electrons. The molecule has 3 aromatic rings. The number of likely N-dealkylation sites (tertiary alicyclic amines) is 1. The smallest absolute Gasteiger partial charge is 0.253 e. The number of aromatic nitrogens is 1. The monoisotopic (exact) mass is 396 g/mol. The topological polar surface area (TPSA) is 33.2 Å². The lowest BCUT2D eigenvalue weighted by Gasteiger charge is -2.31. The third kappa shape index (κ3) is 4.19. The highest BCUT2D eigenvalue weighted by atomic mass is 32.2. The third-order valence-corrected chi connectivity index (χ3v) is 7.13. The molecule has 0 unspecified atom stereocenters. The van der Waals surface area contributed by atoms with Gasteiger partial charge in [-0.2, -0.15) is 0 Å². The summed E-state index contributed by atoms with van der Waals surface area (Å²) in [5.74, 6) is 0.620. The number of fused-ring (bicyclic) bond motifs is 1. The SMILES string of the molecule is CC(C)Sc1ccc(C(=O)N2CCC(c3nc4ccccc4s3)CC2)cc1. The van der Waals surface area contributed by atoms with Gasteiger partial charge < -0.3 is 4.90 Å². The van der Waals surface area contributed by atoms with Crippen molar-refractivity contribution in [2.45, 2.75) is 42.8 Å². The summed E-state index contributed by atoms with van der Waals surface area (Å²) in [4.78, 5) is 20.8. The predicted molar refractivity (Wildman–Crippen MR) is 115 cm³/mol. The molecule has 5 heteroatoms. The fourth-order valence-electron chi connectivity index (χ4n) is 3.53. The van der Waals surface area contributed by atoms with Crippen molar-refractivity contribution in [2.24, 2.45) is 0 Å². The van der Waals surface area contributed by atoms with Crippen LogP contribution in [-0.2, 0) is 0 Å². The first-order valence-electron chi connectivity index (χ1n) is 9.51. The summed E-state index contributed by atoms with van der Waals surface area (Å²) < 4.78 is 1.25. The van der Waals surface area contributed by atoms with Gasteiger partial charge in [0.15, 0.2) is 0 Å². The molecular formula is C22H24N2OS2. The van der Waals surface area contributed by atoms with Crippen LogP contribution in [0.1, 0.15) is 48.0 Å². The van der Waals surface area contributed by atoms with E-state index in [9.17, 15) is 4.79 Å². The number of nitrogens with zero attached hydrogens (tertiary/aromatic N) is 2. The van der Waals surface area contributed by atoms with E-state index in [-0.39, 0.29) is 5.91 Å². The molecule has 1 aliphatic heterocycles. The number of carbonyl (C=O) groups is 1. The number of hydrogen-bond acceptors (Lipinski definition) is 4. The van der Waals surface area contributed by atoms with Gasteiger partial charge >= 0.3 is 0 Å². The molecule has 1 saturated heterocycles. The largest absolute Gasteiger partial charge is 0.339 e. The van der Waals surface area contributed by atoms with Gasteiger partial charge in [0, 0.05) is 34.7 Å². The van der Waals surface area contributed by atoms with E-state index in [1.807, 2.05) is 34.9 Å². The summed E-state index contributed by atoms with van der Waals surface area (Å²) in [5.41, 5.74) is 1.89. The van der Waals surface area contributed by atoms with Crippen LogP contribution < -0.4 is 0 Å². The van der Waals surface area contributed by atoms with E-state index in [0.29, 0.717) is 11.2 Å². The molecule has 0 saturated carbocycles. The van der Waals surface area contributed by atoms with Crippen LogP contribution in [0.2, 0.25) is 0 Å². The Kier molecular flexibility index (Phi) is 5.50. The van der Waals surface area contributed by atoms with Gasteiger partial charge in [-0.3, -0.25) is 4.79 Å². The minimum absolute atomic E-state index is 0.152. The number of benzene rings is 2. The number of thioether (sulfide) groups is 1. The first-order chi connectivity index (χ1) is 13.1. The molecule has 4 rings (SSSR count). The first kappa shape index (κ1) is 18.5. The molecule has 0 bridgehead atoms. The summed E-state index contributed by atoms with van der Waals surface area (Å²) in [6.45, 7) is 5.97. The van der Waals surface area contributed by atoms with Crippen LogP contribution in [0.5, 0.6) is 0 Å². The van der Waals surface area contributed by atoms with E-state index < -0.39 is 0 Å². The van der Waals surface area contributed by atoms with Gasteiger partial charge in [0.2, 0.25) is 0 Å². The van der Waals surface area contributed by atoms with Crippen LogP contribution in [0.4, 0.5) is 0 Å². The number of piperidine rings is 1. The molecule has 1 aliphatic rings. The molecule has 0 N–H and O–H groups in total. The summed E-state index contributed by atoms with van der Waals surface area (Å²) in [6, 6.07) is 16.4. The Hall–Kier alpha value is -1.85. The van der Waals surface area contributed by atoms with Crippen molar-refractivity contribution in [1.82, 2.24) is 9.88 Å². The molecule has 0 atom stereocenters. The highest BCUT2D eigenvalue weighted by Crippen LogP contribution is 2.34. The molecule has 1 amide bonds. The van der Waals surface area contributed by atoms with Crippen LogP contribution in [0.15, 0.2) is 53.4 Å². The number of rotatable bonds is 4. The molecule has 0 spiro atoms. The first-order valence-corrected chi connectivity index (χ1v) is 11.2. The van der Waals surface area contributed by atoms with E-state index in [1.54, 1.807) is 11.3 Å². The van der Waals surface area contributed by atoms with E-state index in [2.05, 4.69) is 44.2 Å². The molecule has 0 aliphatic carbocycles. The summed E-state index contributed by atoms with van der Waals surface area (Å²) >= 11 is 3.62. The Morgan fingerprint density at radius 2 is 1.81 bits per heavy atom. The van der Waals surface area contributed by atoms with Crippen molar-refractivity contribution in [1.29, 1.82) is 0 Å². The zero-order chi connectivity index (χ0) is 18.8. The molecule has 2 aromatic carbocycles. The second-order valence-corrected chi connectivity index (χ2v) is 9.99. The summed E-state index contributed by atoms with van der Waals surface area (Å²) in [6.07, 6.45) is 1.99. The second-order valence-electron chi connectivity index (χ2n) is 7.28. The maximum Gasteiger partial charge on any atom is 0.253 e. The minimum atomic E-state index is 0.152. The maximum absolute atomic E-state index is 12.8. The van der Waals surface area contributed by atoms with E-state index in [0.717, 1.165) is 37.0 Å². The average molecular weight is 397 g/mol. The molecule has 2 heterocycles. The molecule has 0 radical (unpaired) electrons. The van der Waals surface area contributed by atoms with Gasteiger partial charge in [-0.15, -0.1) is 23.1 Å². The molecular weight excluding hydrogens is 372 g/mol. The fourth-order valence-corrected chi connectivity index (χ4v) is 5.50. The molecule has 3 nitrogen and oxygen atoms in total. The third-order valence-electron chi connectivity index (χ3n) is 4.91. The Bertz CT molecular complexity index is 892. The molecule has 1 fully saturated rings. The van der Waals surface area contributed by atoms with Crippen LogP contribution in [-0.4, -0.2) is 34.1 Å². The fraction of sp³-hybridized carbons (Fsp3) is 0.364. The number of amides is 1. The van der Waals surface area contributed by atoms with Crippen molar-refractivity contribution in [3.63, 3.8) is 0 Å². The number of hydrogen-bond donors (Lipinski definition) is 0. The lowest BCUT2D eigenvalue weighted by molar-refractivity contribution is 0.0713. The van der Waals surface area contributed by atoms with Gasteiger partial charge in [0.05, 0.1) is 15.2 Å². The van der Waals surface area contributed by atoms with E-state index in [4.69, 9.17) is 4.98 Å². The highest BCUT2D eigenvalue weighted by Gasteiger charge is 2.26. The summed E-state index contributed by atoms with van der Waals surface area (Å²) in [5, 5.41) is 1.77. The number of carbonyl (C=O) groups excluding carboxylic acids is 1. The van der Waals surface area contributed by atoms with E-state index >= 15 is 0 Å². The zero-order valence-electron chi connectivity index (χ0n) is 15.7. The van der Waals surface area contributed by atoms with Crippen molar-refractivity contribution in [3.05, 3.63) is 59.1 Å². The minimum Gasteiger partial charge on any atom is -0.339 e. The van der Waals surface area contributed by atoms with Gasteiger partial charge in [-0.25, -0.2) is 4.98 Å². The lowest BCUT2D eigenvalue weighted by Crippen LogP contribution is -2.37. The van der Waals surface area contributed by atoms with Crippen LogP contribution >= 0.6 is 23.1 Å². The predicted octanol–water partition coefficient (Wildman–Crippen LogP) is 5.82. The Morgan fingerprint density at radius 1 is 1.11 bits per heavy atom. The van der Waals surface area contributed by atoms with Crippen molar-refractivity contribution in [2.75, 3.05) is 13.1 Å². The van der Waals surface area contributed by atoms with Crippen LogP contribution in [0, 0.1) is 0 Å². The normalized spacial score (nSPS) is 15.6. The van der Waals surface area contributed by atoms with Crippen molar-refractivity contribution in [3.8, 4) is 0 Å². The van der Waals surface area contributed by atoms with Crippen LogP contribution in [0.3, 0.4) is 0 Å². The Morgan fingerprint density at radius 3 is 2.48 bits per heavy atom. The second kappa shape index (κ2) is 8.03. The highest BCUT2D eigenvalue weighted by molar-refractivity contribution is 7.99. The van der Waals surface area contributed by atoms with Crippen molar-refractivity contribution < 1.29 is 4.79 Å². The van der Waals surface area contributed by atoms with Gasteiger partial charge in [0.1, 0.15) is 0 Å². The standard InChI is InChI=1S/C22H24N2OS2/c1-15(2)26-18-9-7-17(8-10-18)22(25)24-13-11-16(12-14-24)21-23-19-5-3-4-6-20(19)27-21/h3-10,15-16H,11-14H2,1-2H3. The van der Waals surface area contributed by atoms with Crippen molar-refractivity contribution >= 4 is 39.2 Å².